The van der Waals surface area contributed by atoms with E-state index in [1.807, 2.05) is 29.3 Å². The molecule has 0 aliphatic rings. The van der Waals surface area contributed by atoms with Crippen molar-refractivity contribution in [2.45, 2.75) is 13.5 Å². The summed E-state index contributed by atoms with van der Waals surface area (Å²) >= 11 is 1.66. The summed E-state index contributed by atoms with van der Waals surface area (Å²) in [6.07, 6.45) is 0. The van der Waals surface area contributed by atoms with E-state index in [4.69, 9.17) is 5.84 Å². The lowest BCUT2D eigenvalue weighted by Crippen LogP contribution is -2.29. The fourth-order valence-electron chi connectivity index (χ4n) is 1.81. The molecule has 0 atom stereocenters. The standard InChI is InChI=1S/C14H17N3OS/c1-2-17(10-13-4-3-9-19-13)14(18)11-5-7-12(16-15)8-6-11/h3-9,16H,2,10,15H2,1H3. The van der Waals surface area contributed by atoms with Crippen LogP contribution in [0, 0.1) is 0 Å². The maximum absolute atomic E-state index is 12.4. The molecule has 1 amide bonds. The van der Waals surface area contributed by atoms with Crippen molar-refractivity contribution in [1.82, 2.24) is 4.90 Å². The number of amides is 1. The van der Waals surface area contributed by atoms with Gasteiger partial charge in [-0.15, -0.1) is 11.3 Å². The molecule has 0 saturated carbocycles. The number of thiophene rings is 1. The minimum absolute atomic E-state index is 0.0412. The number of nitrogens with zero attached hydrogens (tertiary/aromatic N) is 1. The van der Waals surface area contributed by atoms with Crippen molar-refractivity contribution >= 4 is 22.9 Å². The number of carbonyl (C=O) groups excluding carboxylic acids is 1. The third-order valence-electron chi connectivity index (χ3n) is 2.89. The van der Waals surface area contributed by atoms with E-state index in [1.54, 1.807) is 35.6 Å². The zero-order valence-corrected chi connectivity index (χ0v) is 11.6. The number of anilines is 1. The van der Waals surface area contributed by atoms with Gasteiger partial charge in [-0.05, 0) is 42.6 Å². The lowest BCUT2D eigenvalue weighted by molar-refractivity contribution is 0.0754. The second-order valence-corrected chi connectivity index (χ2v) is 5.15. The summed E-state index contributed by atoms with van der Waals surface area (Å²) in [5.74, 6) is 5.35. The molecule has 0 unspecified atom stereocenters. The van der Waals surface area contributed by atoms with Crippen LogP contribution < -0.4 is 11.3 Å². The van der Waals surface area contributed by atoms with Crippen molar-refractivity contribution in [3.05, 3.63) is 52.2 Å². The molecule has 1 heterocycles. The molecule has 3 N–H and O–H groups in total. The molecule has 0 fully saturated rings. The Bertz CT molecular complexity index is 522. The van der Waals surface area contributed by atoms with E-state index in [9.17, 15) is 4.79 Å². The number of rotatable bonds is 5. The number of nitrogens with one attached hydrogen (secondary N) is 1. The van der Waals surface area contributed by atoms with Gasteiger partial charge in [-0.3, -0.25) is 10.6 Å². The van der Waals surface area contributed by atoms with Crippen molar-refractivity contribution in [1.29, 1.82) is 0 Å². The van der Waals surface area contributed by atoms with Crippen molar-refractivity contribution in [3.63, 3.8) is 0 Å². The fourth-order valence-corrected chi connectivity index (χ4v) is 2.53. The van der Waals surface area contributed by atoms with E-state index < -0.39 is 0 Å². The van der Waals surface area contributed by atoms with Gasteiger partial charge in [0.25, 0.3) is 5.91 Å². The number of carbonyl (C=O) groups is 1. The number of hydrogen-bond acceptors (Lipinski definition) is 4. The van der Waals surface area contributed by atoms with Crippen LogP contribution in [-0.4, -0.2) is 17.4 Å². The molecule has 2 rings (SSSR count). The molecule has 4 nitrogen and oxygen atoms in total. The molecule has 0 aliphatic carbocycles. The van der Waals surface area contributed by atoms with E-state index in [1.165, 1.54) is 4.88 Å². The van der Waals surface area contributed by atoms with Crippen molar-refractivity contribution < 1.29 is 4.79 Å². The zero-order valence-electron chi connectivity index (χ0n) is 10.8. The molecule has 1 aromatic heterocycles. The summed E-state index contributed by atoms with van der Waals surface area (Å²) in [5, 5.41) is 2.02. The molecular weight excluding hydrogens is 258 g/mol. The summed E-state index contributed by atoms with van der Waals surface area (Å²) < 4.78 is 0. The third-order valence-corrected chi connectivity index (χ3v) is 3.76. The Balaban J connectivity index is 2.10. The summed E-state index contributed by atoms with van der Waals surface area (Å²) in [6, 6.07) is 11.2. The number of benzene rings is 1. The van der Waals surface area contributed by atoms with Gasteiger partial charge >= 0.3 is 0 Å². The first kappa shape index (κ1) is 13.6. The molecule has 2 aromatic rings. The van der Waals surface area contributed by atoms with Gasteiger partial charge < -0.3 is 10.3 Å². The van der Waals surface area contributed by atoms with Crippen LogP contribution in [0.4, 0.5) is 5.69 Å². The van der Waals surface area contributed by atoms with Crippen LogP contribution in [0.1, 0.15) is 22.2 Å². The van der Waals surface area contributed by atoms with E-state index in [0.29, 0.717) is 18.7 Å². The van der Waals surface area contributed by atoms with Crippen molar-refractivity contribution in [3.8, 4) is 0 Å². The Kier molecular flexibility index (Phi) is 4.54. The van der Waals surface area contributed by atoms with Crippen LogP contribution in [0.15, 0.2) is 41.8 Å². The van der Waals surface area contributed by atoms with Crippen molar-refractivity contribution in [2.75, 3.05) is 12.0 Å². The first-order chi connectivity index (χ1) is 9.24. The van der Waals surface area contributed by atoms with E-state index >= 15 is 0 Å². The van der Waals surface area contributed by atoms with Crippen LogP contribution >= 0.6 is 11.3 Å². The quantitative estimate of drug-likeness (QED) is 0.651. The molecule has 0 spiro atoms. The summed E-state index contributed by atoms with van der Waals surface area (Å²) in [5.41, 5.74) is 4.02. The molecule has 0 aliphatic heterocycles. The number of hydrazine groups is 1. The predicted octanol–water partition coefficient (Wildman–Crippen LogP) is 2.70. The van der Waals surface area contributed by atoms with Crippen LogP contribution in [0.3, 0.4) is 0 Å². The van der Waals surface area contributed by atoms with Crippen LogP contribution in [0.5, 0.6) is 0 Å². The first-order valence-electron chi connectivity index (χ1n) is 6.13. The highest BCUT2D eigenvalue weighted by Crippen LogP contribution is 2.15. The van der Waals surface area contributed by atoms with Gasteiger partial charge in [0.05, 0.1) is 6.54 Å². The Labute approximate surface area is 116 Å². The van der Waals surface area contributed by atoms with Gasteiger partial charge in [-0.25, -0.2) is 0 Å². The SMILES string of the molecule is CCN(Cc1cccs1)C(=O)c1ccc(NN)cc1. The van der Waals surface area contributed by atoms with Crippen LogP contribution in [0.25, 0.3) is 0 Å². The van der Waals surface area contributed by atoms with E-state index in [-0.39, 0.29) is 5.91 Å². The lowest BCUT2D eigenvalue weighted by Gasteiger charge is -2.20. The van der Waals surface area contributed by atoms with E-state index in [2.05, 4.69) is 5.43 Å². The molecule has 0 saturated heterocycles. The second kappa shape index (κ2) is 6.36. The first-order valence-corrected chi connectivity index (χ1v) is 7.01. The number of hydrogen-bond donors (Lipinski definition) is 2. The lowest BCUT2D eigenvalue weighted by atomic mass is 10.2. The minimum Gasteiger partial charge on any atom is -0.334 e. The fraction of sp³-hybridized carbons (Fsp3) is 0.214. The van der Waals surface area contributed by atoms with Gasteiger partial charge in [0.1, 0.15) is 0 Å². The molecule has 5 heteroatoms. The second-order valence-electron chi connectivity index (χ2n) is 4.12. The Hall–Kier alpha value is -1.85. The summed E-state index contributed by atoms with van der Waals surface area (Å²) in [6.45, 7) is 3.33. The average Bonchev–Trinajstić information content (AvgIpc) is 2.97. The summed E-state index contributed by atoms with van der Waals surface area (Å²) in [4.78, 5) is 15.4. The van der Waals surface area contributed by atoms with Crippen molar-refractivity contribution in [2.24, 2.45) is 5.84 Å². The maximum atomic E-state index is 12.4. The minimum atomic E-state index is 0.0412. The zero-order chi connectivity index (χ0) is 13.7. The molecule has 0 radical (unpaired) electrons. The third kappa shape index (κ3) is 3.33. The van der Waals surface area contributed by atoms with Gasteiger partial charge in [0.15, 0.2) is 0 Å². The highest BCUT2D eigenvalue weighted by molar-refractivity contribution is 7.09. The van der Waals surface area contributed by atoms with Crippen LogP contribution in [-0.2, 0) is 6.54 Å². The van der Waals surface area contributed by atoms with Gasteiger partial charge in [-0.1, -0.05) is 6.07 Å². The predicted molar refractivity (Wildman–Crippen MR) is 79.0 cm³/mol. The number of nitrogen functional groups attached to an aromatic ring is 1. The normalized spacial score (nSPS) is 10.2. The highest BCUT2D eigenvalue weighted by Gasteiger charge is 2.14. The van der Waals surface area contributed by atoms with E-state index in [0.717, 1.165) is 5.69 Å². The maximum Gasteiger partial charge on any atom is 0.254 e. The Morgan fingerprint density at radius 1 is 1.32 bits per heavy atom. The molecule has 19 heavy (non-hydrogen) atoms. The average molecular weight is 275 g/mol. The molecular formula is C14H17N3OS. The van der Waals surface area contributed by atoms with Gasteiger partial charge in [0.2, 0.25) is 0 Å². The smallest absolute Gasteiger partial charge is 0.254 e. The monoisotopic (exact) mass is 275 g/mol. The molecule has 100 valence electrons. The largest absolute Gasteiger partial charge is 0.334 e. The van der Waals surface area contributed by atoms with Gasteiger partial charge in [-0.2, -0.15) is 0 Å². The highest BCUT2D eigenvalue weighted by atomic mass is 32.1. The topological polar surface area (TPSA) is 58.4 Å². The van der Waals surface area contributed by atoms with Gasteiger partial charge in [0, 0.05) is 22.7 Å². The Morgan fingerprint density at radius 3 is 2.58 bits per heavy atom. The molecule has 0 bridgehead atoms. The van der Waals surface area contributed by atoms with Crippen LogP contribution in [0.2, 0.25) is 0 Å². The number of nitrogens with two attached hydrogens (primary N) is 1. The Morgan fingerprint density at radius 2 is 2.05 bits per heavy atom. The summed E-state index contributed by atoms with van der Waals surface area (Å²) in [7, 11) is 0. The molecule has 1 aromatic carbocycles.